The Labute approximate surface area is 135 Å². The summed E-state index contributed by atoms with van der Waals surface area (Å²) in [7, 11) is 0. The van der Waals surface area contributed by atoms with Crippen LogP contribution in [0, 0.1) is 5.82 Å². The van der Waals surface area contributed by atoms with E-state index in [9.17, 15) is 14.0 Å². The van der Waals surface area contributed by atoms with Crippen LogP contribution < -0.4 is 5.32 Å². The van der Waals surface area contributed by atoms with Crippen LogP contribution in [0.3, 0.4) is 0 Å². The maximum absolute atomic E-state index is 14.6. The Balaban J connectivity index is 2.18. The Hall–Kier alpha value is -2.06. The Morgan fingerprint density at radius 3 is 2.82 bits per heavy atom. The van der Waals surface area contributed by atoms with E-state index >= 15 is 0 Å². The number of nitrogens with zero attached hydrogens (tertiary/aromatic N) is 1. The number of carboxylic acids is 1. The molecule has 3 rings (SSSR count). The van der Waals surface area contributed by atoms with Gasteiger partial charge in [0.1, 0.15) is 11.1 Å². The molecule has 0 unspecified atom stereocenters. The number of thiophene rings is 1. The van der Waals surface area contributed by atoms with Crippen molar-refractivity contribution in [3.63, 3.8) is 0 Å². The molecular formula is C14H8BrFN2O3S. The Kier molecular flexibility index (Phi) is 3.79. The molecule has 0 saturated heterocycles. The number of aromatic nitrogens is 1. The van der Waals surface area contributed by atoms with E-state index in [0.717, 1.165) is 10.1 Å². The zero-order valence-corrected chi connectivity index (χ0v) is 13.3. The number of halogens is 2. The Morgan fingerprint density at radius 2 is 2.09 bits per heavy atom. The van der Waals surface area contributed by atoms with Crippen LogP contribution in [-0.2, 0) is 4.79 Å². The van der Waals surface area contributed by atoms with E-state index in [0.29, 0.717) is 14.7 Å². The van der Waals surface area contributed by atoms with Crippen LogP contribution in [0.25, 0.3) is 20.2 Å². The van der Waals surface area contributed by atoms with Gasteiger partial charge in [0.2, 0.25) is 0 Å². The first-order valence-corrected chi connectivity index (χ1v) is 7.76. The number of hydrogen-bond acceptors (Lipinski definition) is 4. The van der Waals surface area contributed by atoms with Crippen LogP contribution in [0.1, 0.15) is 10.5 Å². The number of carbonyl (C=O) groups excluding carboxylic acids is 1. The molecule has 2 heterocycles. The SMILES string of the molecule is O=C(O)CNC(=O)c1nc(Br)c2c(sc3ccccc32)c1F. The number of hydrogen-bond donors (Lipinski definition) is 2. The van der Waals surface area contributed by atoms with Gasteiger partial charge in [-0.25, -0.2) is 9.37 Å². The Bertz CT molecular complexity index is 925. The minimum Gasteiger partial charge on any atom is -0.480 e. The van der Waals surface area contributed by atoms with Gasteiger partial charge in [-0.3, -0.25) is 9.59 Å². The maximum Gasteiger partial charge on any atom is 0.322 e. The molecule has 3 aromatic rings. The van der Waals surface area contributed by atoms with E-state index in [1.54, 1.807) is 0 Å². The van der Waals surface area contributed by atoms with Crippen LogP contribution in [-0.4, -0.2) is 28.5 Å². The van der Waals surface area contributed by atoms with Gasteiger partial charge in [-0.2, -0.15) is 0 Å². The van der Waals surface area contributed by atoms with Gasteiger partial charge in [0, 0.05) is 15.5 Å². The number of aliphatic carboxylic acids is 1. The van der Waals surface area contributed by atoms with Crippen molar-refractivity contribution in [1.82, 2.24) is 10.3 Å². The zero-order valence-electron chi connectivity index (χ0n) is 10.9. The molecule has 0 aliphatic rings. The molecule has 1 amide bonds. The van der Waals surface area contributed by atoms with Gasteiger partial charge in [0.25, 0.3) is 5.91 Å². The first-order chi connectivity index (χ1) is 10.5. The summed E-state index contributed by atoms with van der Waals surface area (Å²) < 4.78 is 16.1. The lowest BCUT2D eigenvalue weighted by molar-refractivity contribution is -0.135. The van der Waals surface area contributed by atoms with Crippen molar-refractivity contribution < 1.29 is 19.1 Å². The number of pyridine rings is 1. The van der Waals surface area contributed by atoms with Crippen molar-refractivity contribution in [2.75, 3.05) is 6.54 Å². The molecular weight excluding hydrogens is 375 g/mol. The smallest absolute Gasteiger partial charge is 0.322 e. The summed E-state index contributed by atoms with van der Waals surface area (Å²) in [6.45, 7) is -0.595. The number of rotatable bonds is 3. The first kappa shape index (κ1) is 14.9. The fourth-order valence-electron chi connectivity index (χ4n) is 2.11. The van der Waals surface area contributed by atoms with E-state index in [-0.39, 0.29) is 0 Å². The fraction of sp³-hybridized carbons (Fsp3) is 0.0714. The highest BCUT2D eigenvalue weighted by atomic mass is 79.9. The lowest BCUT2D eigenvalue weighted by atomic mass is 10.2. The molecule has 0 aliphatic carbocycles. The van der Waals surface area contributed by atoms with Gasteiger partial charge < -0.3 is 10.4 Å². The Morgan fingerprint density at radius 1 is 1.36 bits per heavy atom. The average Bonchev–Trinajstić information content (AvgIpc) is 2.88. The number of benzene rings is 1. The summed E-state index contributed by atoms with van der Waals surface area (Å²) >= 11 is 4.48. The minimum atomic E-state index is -1.21. The van der Waals surface area contributed by atoms with Crippen LogP contribution in [0.5, 0.6) is 0 Å². The molecule has 2 N–H and O–H groups in total. The summed E-state index contributed by atoms with van der Waals surface area (Å²) in [6.07, 6.45) is 0. The number of nitrogens with one attached hydrogen (secondary N) is 1. The largest absolute Gasteiger partial charge is 0.480 e. The number of carbonyl (C=O) groups is 2. The summed E-state index contributed by atoms with van der Waals surface area (Å²) in [6, 6.07) is 7.39. The lowest BCUT2D eigenvalue weighted by Crippen LogP contribution is -2.30. The molecule has 0 bridgehead atoms. The third kappa shape index (κ3) is 2.44. The molecule has 2 aromatic heterocycles. The fourth-order valence-corrected chi connectivity index (χ4v) is 3.97. The van der Waals surface area contributed by atoms with Crippen molar-refractivity contribution in [2.24, 2.45) is 0 Å². The van der Waals surface area contributed by atoms with Crippen molar-refractivity contribution in [3.05, 3.63) is 40.4 Å². The van der Waals surface area contributed by atoms with Gasteiger partial charge in [-0.05, 0) is 22.0 Å². The minimum absolute atomic E-state index is 0.309. The standard InChI is InChI=1S/C14H8BrFN2O3S/c15-13-9-6-3-1-2-4-7(6)22-12(9)10(16)11(18-13)14(21)17-5-8(19)20/h1-4H,5H2,(H,17,21)(H,19,20). The highest BCUT2D eigenvalue weighted by Crippen LogP contribution is 2.39. The van der Waals surface area contributed by atoms with Crippen LogP contribution in [0.15, 0.2) is 28.9 Å². The summed E-state index contributed by atoms with van der Waals surface area (Å²) in [5.74, 6) is -2.82. The van der Waals surface area contributed by atoms with E-state index in [1.807, 2.05) is 24.3 Å². The molecule has 0 spiro atoms. The second-order valence-corrected chi connectivity index (χ2v) is 6.25. The molecule has 8 heteroatoms. The van der Waals surface area contributed by atoms with Crippen LogP contribution >= 0.6 is 27.3 Å². The molecule has 0 atom stereocenters. The number of fused-ring (bicyclic) bond motifs is 3. The highest BCUT2D eigenvalue weighted by Gasteiger charge is 2.22. The summed E-state index contributed by atoms with van der Waals surface area (Å²) in [5.41, 5.74) is -0.424. The third-order valence-electron chi connectivity index (χ3n) is 3.03. The van der Waals surface area contributed by atoms with E-state index in [2.05, 4.69) is 26.2 Å². The maximum atomic E-state index is 14.6. The molecule has 112 valence electrons. The molecule has 5 nitrogen and oxygen atoms in total. The van der Waals surface area contributed by atoms with Crippen molar-refractivity contribution in [2.45, 2.75) is 0 Å². The van der Waals surface area contributed by atoms with Crippen molar-refractivity contribution in [1.29, 1.82) is 0 Å². The zero-order chi connectivity index (χ0) is 15.9. The molecule has 0 aliphatic heterocycles. The predicted molar refractivity (Wildman–Crippen MR) is 84.8 cm³/mol. The van der Waals surface area contributed by atoms with Gasteiger partial charge >= 0.3 is 5.97 Å². The van der Waals surface area contributed by atoms with Gasteiger partial charge in [-0.1, -0.05) is 18.2 Å². The highest BCUT2D eigenvalue weighted by molar-refractivity contribution is 9.10. The molecule has 22 heavy (non-hydrogen) atoms. The summed E-state index contributed by atoms with van der Waals surface area (Å²) in [5, 5.41) is 12.1. The quantitative estimate of drug-likeness (QED) is 0.681. The van der Waals surface area contributed by atoms with E-state index in [4.69, 9.17) is 5.11 Å². The molecule has 1 aromatic carbocycles. The summed E-state index contributed by atoms with van der Waals surface area (Å²) in [4.78, 5) is 26.3. The van der Waals surface area contributed by atoms with Crippen LogP contribution in [0.4, 0.5) is 4.39 Å². The van der Waals surface area contributed by atoms with Gasteiger partial charge in [0.15, 0.2) is 11.5 Å². The van der Waals surface area contributed by atoms with Crippen molar-refractivity contribution in [3.8, 4) is 0 Å². The predicted octanol–water partition coefficient (Wildman–Crippen LogP) is 3.17. The molecule has 0 fully saturated rings. The van der Waals surface area contributed by atoms with Crippen molar-refractivity contribution >= 4 is 59.3 Å². The normalized spacial score (nSPS) is 11.0. The second kappa shape index (κ2) is 5.62. The molecule has 0 radical (unpaired) electrons. The monoisotopic (exact) mass is 382 g/mol. The lowest BCUT2D eigenvalue weighted by Gasteiger charge is -2.05. The number of amides is 1. The van der Waals surface area contributed by atoms with Gasteiger partial charge in [0.05, 0.1) is 4.70 Å². The van der Waals surface area contributed by atoms with Gasteiger partial charge in [-0.15, -0.1) is 11.3 Å². The van der Waals surface area contributed by atoms with E-state index < -0.39 is 29.9 Å². The topological polar surface area (TPSA) is 79.3 Å². The molecule has 0 saturated carbocycles. The second-order valence-electron chi connectivity index (χ2n) is 4.44. The third-order valence-corrected chi connectivity index (χ3v) is 4.77. The van der Waals surface area contributed by atoms with E-state index in [1.165, 1.54) is 11.3 Å². The van der Waals surface area contributed by atoms with Crippen LogP contribution in [0.2, 0.25) is 0 Å². The number of carboxylic acid groups (broad SMARTS) is 1. The average molecular weight is 383 g/mol. The first-order valence-electron chi connectivity index (χ1n) is 6.15.